The summed E-state index contributed by atoms with van der Waals surface area (Å²) in [5.41, 5.74) is 5.52. The highest BCUT2D eigenvalue weighted by Crippen LogP contribution is 1.98. The Morgan fingerprint density at radius 1 is 1.53 bits per heavy atom. The third kappa shape index (κ3) is 8.06. The van der Waals surface area contributed by atoms with Crippen LogP contribution in [0.15, 0.2) is 0 Å². The van der Waals surface area contributed by atoms with Crippen LogP contribution in [0.1, 0.15) is 13.8 Å². The Bertz CT molecular complexity index is 261. The highest BCUT2D eigenvalue weighted by Gasteiger charge is 2.13. The molecule has 5 nitrogen and oxygen atoms in total. The molecule has 2 atom stereocenters. The highest BCUT2D eigenvalue weighted by atomic mass is 32.1. The van der Waals surface area contributed by atoms with E-state index in [1.165, 1.54) is 0 Å². The number of nitrogens with one attached hydrogen (secondary N) is 1. The summed E-state index contributed by atoms with van der Waals surface area (Å²) in [6, 6.07) is 0.0221. The van der Waals surface area contributed by atoms with Crippen LogP contribution in [-0.4, -0.2) is 55.7 Å². The minimum atomic E-state index is -0.0211. The average molecular weight is 261 g/mol. The van der Waals surface area contributed by atoms with Gasteiger partial charge in [-0.25, -0.2) is 0 Å². The molecular formula is C11H23N3O2S. The molecule has 0 aliphatic rings. The van der Waals surface area contributed by atoms with Gasteiger partial charge in [0.05, 0.1) is 18.1 Å². The standard InChI is InChI=1S/C11H23N3O2S/c1-8(11(12)17)5-14(3)6-10(15)13-9(2)7-16-4/h8-9H,5-7H2,1-4H3,(H2,12,17)(H,13,15). The molecule has 0 bridgehead atoms. The number of ether oxygens (including phenoxy) is 1. The second kappa shape index (κ2) is 8.38. The van der Waals surface area contributed by atoms with Gasteiger partial charge in [0.2, 0.25) is 5.91 Å². The van der Waals surface area contributed by atoms with Crippen molar-refractivity contribution in [3.63, 3.8) is 0 Å². The summed E-state index contributed by atoms with van der Waals surface area (Å²) in [5.74, 6) is 0.0892. The van der Waals surface area contributed by atoms with Gasteiger partial charge < -0.3 is 15.8 Å². The van der Waals surface area contributed by atoms with E-state index in [1.54, 1.807) is 7.11 Å². The first kappa shape index (κ1) is 16.3. The van der Waals surface area contributed by atoms with E-state index in [4.69, 9.17) is 22.7 Å². The van der Waals surface area contributed by atoms with Crippen molar-refractivity contribution in [3.8, 4) is 0 Å². The molecule has 0 aliphatic carbocycles. The maximum Gasteiger partial charge on any atom is 0.234 e. The minimum Gasteiger partial charge on any atom is -0.393 e. The molecule has 0 rings (SSSR count). The fourth-order valence-corrected chi connectivity index (χ4v) is 1.55. The molecular weight excluding hydrogens is 238 g/mol. The summed E-state index contributed by atoms with van der Waals surface area (Å²) < 4.78 is 4.94. The van der Waals surface area contributed by atoms with Crippen LogP contribution in [-0.2, 0) is 9.53 Å². The van der Waals surface area contributed by atoms with Crippen molar-refractivity contribution in [1.29, 1.82) is 0 Å². The van der Waals surface area contributed by atoms with Crippen LogP contribution in [0.25, 0.3) is 0 Å². The maximum absolute atomic E-state index is 11.6. The summed E-state index contributed by atoms with van der Waals surface area (Å²) in [6.45, 7) is 5.38. The van der Waals surface area contributed by atoms with Crippen molar-refractivity contribution in [2.75, 3.05) is 33.9 Å². The normalized spacial score (nSPS) is 14.4. The van der Waals surface area contributed by atoms with Gasteiger partial charge in [-0.3, -0.25) is 9.69 Å². The SMILES string of the molecule is COCC(C)NC(=O)CN(C)CC(C)C(N)=S. The molecule has 2 unspecified atom stereocenters. The fraction of sp³-hybridized carbons (Fsp3) is 0.818. The number of likely N-dealkylation sites (N-methyl/N-ethyl adjacent to an activating group) is 1. The molecule has 0 aromatic carbocycles. The van der Waals surface area contributed by atoms with Crippen LogP contribution < -0.4 is 11.1 Å². The summed E-state index contributed by atoms with van der Waals surface area (Å²) in [7, 11) is 3.48. The van der Waals surface area contributed by atoms with Gasteiger partial charge in [0.1, 0.15) is 0 Å². The zero-order valence-corrected chi connectivity index (χ0v) is 11.8. The van der Waals surface area contributed by atoms with Crippen molar-refractivity contribution < 1.29 is 9.53 Å². The predicted octanol–water partition coefficient (Wildman–Crippen LogP) is -0.00850. The lowest BCUT2D eigenvalue weighted by atomic mass is 10.2. The molecule has 0 fully saturated rings. The molecule has 17 heavy (non-hydrogen) atoms. The Morgan fingerprint density at radius 2 is 2.12 bits per heavy atom. The maximum atomic E-state index is 11.6. The zero-order chi connectivity index (χ0) is 13.4. The zero-order valence-electron chi connectivity index (χ0n) is 11.0. The first-order chi connectivity index (χ1) is 7.86. The lowest BCUT2D eigenvalue weighted by Crippen LogP contribution is -2.43. The van der Waals surface area contributed by atoms with Crippen molar-refractivity contribution in [3.05, 3.63) is 0 Å². The third-order valence-electron chi connectivity index (χ3n) is 2.31. The van der Waals surface area contributed by atoms with E-state index < -0.39 is 0 Å². The van der Waals surface area contributed by atoms with Crippen LogP contribution >= 0.6 is 12.2 Å². The first-order valence-electron chi connectivity index (χ1n) is 5.63. The molecule has 0 aromatic heterocycles. The van der Waals surface area contributed by atoms with Gasteiger partial charge in [-0.2, -0.15) is 0 Å². The van der Waals surface area contributed by atoms with Crippen LogP contribution in [0.5, 0.6) is 0 Å². The number of nitrogens with zero attached hydrogens (tertiary/aromatic N) is 1. The number of carbonyl (C=O) groups excluding carboxylic acids is 1. The average Bonchev–Trinajstić information content (AvgIpc) is 2.16. The smallest absolute Gasteiger partial charge is 0.234 e. The van der Waals surface area contributed by atoms with Gasteiger partial charge >= 0.3 is 0 Å². The molecule has 0 spiro atoms. The fourth-order valence-electron chi connectivity index (χ4n) is 1.48. The Labute approximate surface area is 109 Å². The van der Waals surface area contributed by atoms with Gasteiger partial charge in [-0.1, -0.05) is 19.1 Å². The van der Waals surface area contributed by atoms with E-state index in [-0.39, 0.29) is 17.9 Å². The Kier molecular flexibility index (Phi) is 8.03. The molecule has 0 saturated heterocycles. The predicted molar refractivity (Wildman–Crippen MR) is 72.9 cm³/mol. The molecule has 1 amide bonds. The number of amides is 1. The second-order valence-electron chi connectivity index (χ2n) is 4.42. The van der Waals surface area contributed by atoms with Gasteiger partial charge in [0.15, 0.2) is 0 Å². The van der Waals surface area contributed by atoms with Crippen LogP contribution in [0.2, 0.25) is 0 Å². The number of methoxy groups -OCH3 is 1. The van der Waals surface area contributed by atoms with Gasteiger partial charge in [-0.05, 0) is 14.0 Å². The first-order valence-corrected chi connectivity index (χ1v) is 6.03. The van der Waals surface area contributed by atoms with Crippen LogP contribution in [0, 0.1) is 5.92 Å². The summed E-state index contributed by atoms with van der Waals surface area (Å²) >= 11 is 4.89. The van der Waals surface area contributed by atoms with E-state index in [1.807, 2.05) is 25.8 Å². The van der Waals surface area contributed by atoms with E-state index >= 15 is 0 Å². The lowest BCUT2D eigenvalue weighted by molar-refractivity contribution is -0.122. The van der Waals surface area contributed by atoms with E-state index in [2.05, 4.69) is 5.32 Å². The van der Waals surface area contributed by atoms with E-state index in [9.17, 15) is 4.79 Å². The van der Waals surface area contributed by atoms with Crippen LogP contribution in [0.4, 0.5) is 0 Å². The third-order valence-corrected chi connectivity index (χ3v) is 2.71. The van der Waals surface area contributed by atoms with Gasteiger partial charge in [0, 0.05) is 25.6 Å². The molecule has 3 N–H and O–H groups in total. The summed E-state index contributed by atoms with van der Waals surface area (Å²) in [5, 5.41) is 2.84. The van der Waals surface area contributed by atoms with Crippen molar-refractivity contribution in [2.45, 2.75) is 19.9 Å². The number of carbonyl (C=O) groups is 1. The van der Waals surface area contributed by atoms with Crippen molar-refractivity contribution in [1.82, 2.24) is 10.2 Å². The molecule has 0 radical (unpaired) electrons. The van der Waals surface area contributed by atoms with E-state index in [0.717, 1.165) is 0 Å². The second-order valence-corrected chi connectivity index (χ2v) is 4.90. The van der Waals surface area contributed by atoms with Crippen molar-refractivity contribution >= 4 is 23.1 Å². The number of hydrogen-bond donors (Lipinski definition) is 2. The Morgan fingerprint density at radius 3 is 2.59 bits per heavy atom. The number of nitrogens with two attached hydrogens (primary N) is 1. The molecule has 0 heterocycles. The highest BCUT2D eigenvalue weighted by molar-refractivity contribution is 7.80. The topological polar surface area (TPSA) is 67.6 Å². The summed E-state index contributed by atoms with van der Waals surface area (Å²) in [6.07, 6.45) is 0. The molecule has 0 aromatic rings. The lowest BCUT2D eigenvalue weighted by Gasteiger charge is -2.21. The quantitative estimate of drug-likeness (QED) is 0.602. The van der Waals surface area contributed by atoms with Crippen molar-refractivity contribution in [2.24, 2.45) is 11.7 Å². The van der Waals surface area contributed by atoms with Gasteiger partial charge in [-0.15, -0.1) is 0 Å². The van der Waals surface area contributed by atoms with Gasteiger partial charge in [0.25, 0.3) is 0 Å². The molecule has 6 heteroatoms. The number of thiocarbonyl (C=S) groups is 1. The Balaban J connectivity index is 3.91. The number of hydrogen-bond acceptors (Lipinski definition) is 4. The van der Waals surface area contributed by atoms with E-state index in [0.29, 0.717) is 24.7 Å². The Hall–Kier alpha value is -0.720. The summed E-state index contributed by atoms with van der Waals surface area (Å²) in [4.78, 5) is 14.0. The molecule has 0 aliphatic heterocycles. The molecule has 100 valence electrons. The van der Waals surface area contributed by atoms with Crippen LogP contribution in [0.3, 0.4) is 0 Å². The molecule has 0 saturated carbocycles. The largest absolute Gasteiger partial charge is 0.393 e. The monoisotopic (exact) mass is 261 g/mol. The number of rotatable bonds is 8. The minimum absolute atomic E-state index is 0.0211.